The molecule has 0 spiro atoms. The molecular weight excluding hydrogens is 314 g/mol. The molecule has 1 aliphatic rings. The first-order chi connectivity index (χ1) is 12.3. The number of hydrogen-bond donors (Lipinski definition) is 2. The summed E-state index contributed by atoms with van der Waals surface area (Å²) in [4.78, 5) is 12.2. The van der Waals surface area contributed by atoms with Crippen molar-refractivity contribution >= 4 is 0 Å². The Morgan fingerprint density at radius 3 is 2.88 bits per heavy atom. The van der Waals surface area contributed by atoms with Crippen molar-refractivity contribution in [2.75, 3.05) is 13.2 Å². The van der Waals surface area contributed by atoms with Crippen molar-refractivity contribution in [3.63, 3.8) is 0 Å². The predicted molar refractivity (Wildman–Crippen MR) is 94.9 cm³/mol. The molecule has 0 bridgehead atoms. The molecule has 25 heavy (non-hydrogen) atoms. The molecule has 2 aromatic heterocycles. The van der Waals surface area contributed by atoms with Gasteiger partial charge in [0, 0.05) is 50.9 Å². The first kappa shape index (κ1) is 16.1. The van der Waals surface area contributed by atoms with Crippen LogP contribution in [0.2, 0.25) is 0 Å². The third-order valence-electron chi connectivity index (χ3n) is 4.84. The first-order valence-corrected chi connectivity index (χ1v) is 8.69. The van der Waals surface area contributed by atoms with Crippen LogP contribution in [0.3, 0.4) is 0 Å². The molecule has 1 saturated heterocycles. The summed E-state index contributed by atoms with van der Waals surface area (Å²) >= 11 is 0. The highest BCUT2D eigenvalue weighted by molar-refractivity contribution is 5.24. The molecule has 3 heterocycles. The van der Waals surface area contributed by atoms with Gasteiger partial charge < -0.3 is 19.6 Å². The lowest BCUT2D eigenvalue weighted by atomic mass is 9.99. The number of nitrogens with one attached hydrogen (secondary N) is 2. The Morgan fingerprint density at radius 2 is 2.16 bits per heavy atom. The lowest BCUT2D eigenvalue weighted by molar-refractivity contribution is 0.0807. The Morgan fingerprint density at radius 1 is 1.28 bits per heavy atom. The number of hydrogen-bond acceptors (Lipinski definition) is 4. The zero-order valence-corrected chi connectivity index (χ0v) is 14.3. The number of imidazole rings is 2. The van der Waals surface area contributed by atoms with Gasteiger partial charge in [0.25, 0.3) is 0 Å². The zero-order chi connectivity index (χ0) is 17.1. The summed E-state index contributed by atoms with van der Waals surface area (Å²) in [5.41, 5.74) is 1.20. The second kappa shape index (κ2) is 7.21. The number of aromatic amines is 1. The second-order valence-electron chi connectivity index (χ2n) is 6.46. The van der Waals surface area contributed by atoms with Crippen LogP contribution in [0.1, 0.15) is 35.8 Å². The molecule has 1 fully saturated rings. The molecule has 3 aromatic rings. The maximum Gasteiger partial charge on any atom is 0.137 e. The van der Waals surface area contributed by atoms with E-state index >= 15 is 0 Å². The molecule has 0 radical (unpaired) electrons. The number of aryl methyl sites for hydroxylation is 1. The summed E-state index contributed by atoms with van der Waals surface area (Å²) in [6.45, 7) is 1.62. The van der Waals surface area contributed by atoms with E-state index in [4.69, 9.17) is 4.74 Å². The van der Waals surface area contributed by atoms with E-state index in [0.717, 1.165) is 31.2 Å². The van der Waals surface area contributed by atoms with E-state index in [1.807, 2.05) is 36.3 Å². The summed E-state index contributed by atoms with van der Waals surface area (Å²) < 4.78 is 8.02. The van der Waals surface area contributed by atoms with Crippen LogP contribution < -0.4 is 5.32 Å². The first-order valence-electron chi connectivity index (χ1n) is 8.69. The van der Waals surface area contributed by atoms with Gasteiger partial charge >= 0.3 is 0 Å². The van der Waals surface area contributed by atoms with Gasteiger partial charge in [-0.3, -0.25) is 0 Å². The summed E-state index contributed by atoms with van der Waals surface area (Å²) in [6.07, 6.45) is 8.53. The van der Waals surface area contributed by atoms with Crippen molar-refractivity contribution in [3.8, 4) is 0 Å². The van der Waals surface area contributed by atoms with Gasteiger partial charge in [-0.2, -0.15) is 0 Å². The number of nitrogens with zero attached hydrogens (tertiary/aromatic N) is 3. The van der Waals surface area contributed by atoms with E-state index in [1.54, 1.807) is 6.20 Å². The normalized spacial score (nSPS) is 21.5. The standard InChI is InChI=1S/C19H23N5O/c1-24-11-10-22-19(24)17-15(7-12-25-17)13-23-16(18-20-8-9-21-18)14-5-3-2-4-6-14/h2-6,8-11,15-17,23H,7,12-13H2,1H3,(H,20,21)/t15-,16?,17+/m0/s1. The maximum atomic E-state index is 5.97. The van der Waals surface area contributed by atoms with Crippen LogP contribution in [0.15, 0.2) is 55.1 Å². The van der Waals surface area contributed by atoms with Crippen LogP contribution in [-0.2, 0) is 11.8 Å². The Hall–Kier alpha value is -2.44. The summed E-state index contributed by atoms with van der Waals surface area (Å²) in [5.74, 6) is 2.32. The highest BCUT2D eigenvalue weighted by Crippen LogP contribution is 2.33. The fourth-order valence-electron chi connectivity index (χ4n) is 3.50. The van der Waals surface area contributed by atoms with Gasteiger partial charge in [0.05, 0.1) is 6.04 Å². The largest absolute Gasteiger partial charge is 0.370 e. The van der Waals surface area contributed by atoms with Crippen LogP contribution in [0, 0.1) is 5.92 Å². The van der Waals surface area contributed by atoms with Crippen LogP contribution in [0.4, 0.5) is 0 Å². The summed E-state index contributed by atoms with van der Waals surface area (Å²) in [6, 6.07) is 10.4. The van der Waals surface area contributed by atoms with Gasteiger partial charge in [-0.05, 0) is 12.0 Å². The van der Waals surface area contributed by atoms with Crippen molar-refractivity contribution < 1.29 is 4.74 Å². The van der Waals surface area contributed by atoms with Gasteiger partial charge in [-0.15, -0.1) is 0 Å². The number of benzene rings is 1. The average molecular weight is 337 g/mol. The molecule has 1 aliphatic heterocycles. The van der Waals surface area contributed by atoms with Crippen molar-refractivity contribution in [2.24, 2.45) is 13.0 Å². The van der Waals surface area contributed by atoms with E-state index in [-0.39, 0.29) is 12.1 Å². The molecular formula is C19H23N5O. The molecule has 3 atom stereocenters. The fraction of sp³-hybridized carbons (Fsp3) is 0.368. The molecule has 2 N–H and O–H groups in total. The molecule has 1 unspecified atom stereocenters. The number of rotatable bonds is 6. The van der Waals surface area contributed by atoms with Gasteiger partial charge in [0.15, 0.2) is 0 Å². The molecule has 1 aromatic carbocycles. The lowest BCUT2D eigenvalue weighted by Crippen LogP contribution is -2.30. The molecule has 0 amide bonds. The van der Waals surface area contributed by atoms with E-state index in [0.29, 0.717) is 5.92 Å². The monoisotopic (exact) mass is 337 g/mol. The SMILES string of the molecule is Cn1ccnc1[C@@H]1OCC[C@H]1CNC(c1ccccc1)c1ncc[nH]1. The minimum atomic E-state index is 0.0406. The van der Waals surface area contributed by atoms with Crippen LogP contribution >= 0.6 is 0 Å². The van der Waals surface area contributed by atoms with Crippen molar-refractivity contribution in [1.82, 2.24) is 24.8 Å². The van der Waals surface area contributed by atoms with Crippen molar-refractivity contribution in [2.45, 2.75) is 18.6 Å². The Bertz CT molecular complexity index is 783. The minimum absolute atomic E-state index is 0.0406. The lowest BCUT2D eigenvalue weighted by Gasteiger charge is -2.23. The second-order valence-corrected chi connectivity index (χ2v) is 6.46. The third-order valence-corrected chi connectivity index (χ3v) is 4.84. The van der Waals surface area contributed by atoms with Gasteiger partial charge in [0.2, 0.25) is 0 Å². The quantitative estimate of drug-likeness (QED) is 0.725. The number of aromatic nitrogens is 4. The van der Waals surface area contributed by atoms with Gasteiger partial charge in [-0.25, -0.2) is 9.97 Å². The predicted octanol–water partition coefficient (Wildman–Crippen LogP) is 2.60. The smallest absolute Gasteiger partial charge is 0.137 e. The molecule has 0 aliphatic carbocycles. The zero-order valence-electron chi connectivity index (χ0n) is 14.3. The van der Waals surface area contributed by atoms with Crippen LogP contribution in [0.25, 0.3) is 0 Å². The number of ether oxygens (including phenoxy) is 1. The van der Waals surface area contributed by atoms with Crippen LogP contribution in [0.5, 0.6) is 0 Å². The summed E-state index contributed by atoms with van der Waals surface area (Å²) in [5, 5.41) is 3.68. The highest BCUT2D eigenvalue weighted by atomic mass is 16.5. The van der Waals surface area contributed by atoms with Crippen molar-refractivity contribution in [3.05, 3.63) is 72.3 Å². The molecule has 6 heteroatoms. The summed E-state index contributed by atoms with van der Waals surface area (Å²) in [7, 11) is 2.02. The van der Waals surface area contributed by atoms with E-state index in [1.165, 1.54) is 5.56 Å². The Labute approximate surface area is 147 Å². The van der Waals surface area contributed by atoms with Crippen LogP contribution in [-0.4, -0.2) is 32.7 Å². The molecule has 0 saturated carbocycles. The Kier molecular flexibility index (Phi) is 4.63. The van der Waals surface area contributed by atoms with E-state index in [2.05, 4.69) is 44.5 Å². The molecule has 6 nitrogen and oxygen atoms in total. The van der Waals surface area contributed by atoms with E-state index in [9.17, 15) is 0 Å². The van der Waals surface area contributed by atoms with E-state index < -0.39 is 0 Å². The molecule has 130 valence electrons. The topological polar surface area (TPSA) is 67.8 Å². The minimum Gasteiger partial charge on any atom is -0.370 e. The average Bonchev–Trinajstić information content (AvgIpc) is 3.38. The fourth-order valence-corrected chi connectivity index (χ4v) is 3.50. The number of H-pyrrole nitrogens is 1. The maximum absolute atomic E-state index is 5.97. The van der Waals surface area contributed by atoms with Crippen molar-refractivity contribution in [1.29, 1.82) is 0 Å². The van der Waals surface area contributed by atoms with Gasteiger partial charge in [-0.1, -0.05) is 30.3 Å². The van der Waals surface area contributed by atoms with Gasteiger partial charge in [0.1, 0.15) is 17.8 Å². The molecule has 4 rings (SSSR count). The Balaban J connectivity index is 1.50. The third kappa shape index (κ3) is 3.36. The highest BCUT2D eigenvalue weighted by Gasteiger charge is 2.33.